The van der Waals surface area contributed by atoms with Crippen molar-refractivity contribution in [3.8, 4) is 0 Å². The molecule has 0 aliphatic rings. The number of aromatic nitrogens is 2. The Bertz CT molecular complexity index is 293. The molecular formula is C9H15N3O. The molecule has 0 aromatic carbocycles. The highest BCUT2D eigenvalue weighted by Gasteiger charge is 2.13. The van der Waals surface area contributed by atoms with E-state index >= 15 is 0 Å². The molecule has 1 aromatic heterocycles. The lowest BCUT2D eigenvalue weighted by Crippen LogP contribution is -2.31. The van der Waals surface area contributed by atoms with Gasteiger partial charge in [0.05, 0.1) is 12.5 Å². The van der Waals surface area contributed by atoms with Crippen LogP contribution < -0.4 is 5.73 Å². The summed E-state index contributed by atoms with van der Waals surface area (Å²) in [6.45, 7) is 1.90. The van der Waals surface area contributed by atoms with Gasteiger partial charge in [-0.05, 0) is 6.42 Å². The SMILES string of the molecule is CCC(N)C(=O)Cc1nccn1C. The first-order valence-corrected chi connectivity index (χ1v) is 4.39. The number of nitrogens with zero attached hydrogens (tertiary/aromatic N) is 2. The number of carbonyl (C=O) groups excluding carboxylic acids is 1. The van der Waals surface area contributed by atoms with Gasteiger partial charge in [0.15, 0.2) is 5.78 Å². The van der Waals surface area contributed by atoms with Gasteiger partial charge in [-0.25, -0.2) is 4.98 Å². The Kier molecular flexibility index (Phi) is 3.19. The number of aryl methyl sites for hydroxylation is 1. The molecule has 0 spiro atoms. The molecule has 1 atom stereocenters. The quantitative estimate of drug-likeness (QED) is 0.725. The third-order valence-electron chi connectivity index (χ3n) is 2.11. The van der Waals surface area contributed by atoms with Gasteiger partial charge in [0, 0.05) is 19.4 Å². The van der Waals surface area contributed by atoms with Gasteiger partial charge in [-0.15, -0.1) is 0 Å². The number of nitrogens with two attached hydrogens (primary N) is 1. The van der Waals surface area contributed by atoms with Crippen LogP contribution in [-0.2, 0) is 18.3 Å². The Morgan fingerprint density at radius 1 is 1.77 bits per heavy atom. The summed E-state index contributed by atoms with van der Waals surface area (Å²) in [6, 6.07) is -0.350. The first-order chi connectivity index (χ1) is 6.15. The summed E-state index contributed by atoms with van der Waals surface area (Å²) in [7, 11) is 1.87. The van der Waals surface area contributed by atoms with Crippen LogP contribution >= 0.6 is 0 Å². The lowest BCUT2D eigenvalue weighted by atomic mass is 10.1. The van der Waals surface area contributed by atoms with E-state index in [-0.39, 0.29) is 11.8 Å². The molecule has 4 heteroatoms. The maximum Gasteiger partial charge on any atom is 0.157 e. The van der Waals surface area contributed by atoms with Crippen LogP contribution in [0.2, 0.25) is 0 Å². The van der Waals surface area contributed by atoms with Gasteiger partial charge in [-0.3, -0.25) is 4.79 Å². The van der Waals surface area contributed by atoms with Crippen molar-refractivity contribution in [2.75, 3.05) is 0 Å². The first kappa shape index (κ1) is 9.92. The third-order valence-corrected chi connectivity index (χ3v) is 2.11. The summed E-state index contributed by atoms with van der Waals surface area (Å²) >= 11 is 0. The Balaban J connectivity index is 2.60. The molecule has 1 heterocycles. The predicted molar refractivity (Wildman–Crippen MR) is 50.2 cm³/mol. The van der Waals surface area contributed by atoms with Gasteiger partial charge in [0.1, 0.15) is 5.82 Å². The molecule has 1 rings (SSSR count). The third kappa shape index (κ3) is 2.39. The molecule has 72 valence electrons. The lowest BCUT2D eigenvalue weighted by Gasteiger charge is -2.06. The molecule has 0 amide bonds. The monoisotopic (exact) mass is 181 g/mol. The van der Waals surface area contributed by atoms with E-state index in [2.05, 4.69) is 4.98 Å². The smallest absolute Gasteiger partial charge is 0.157 e. The number of hydrogen-bond acceptors (Lipinski definition) is 3. The number of Topliss-reactive ketones (excluding diaryl/α,β-unsaturated/α-hetero) is 1. The maximum absolute atomic E-state index is 11.4. The van der Waals surface area contributed by atoms with E-state index in [1.165, 1.54) is 0 Å². The van der Waals surface area contributed by atoms with Crippen molar-refractivity contribution in [3.05, 3.63) is 18.2 Å². The van der Waals surface area contributed by atoms with Gasteiger partial charge < -0.3 is 10.3 Å². The molecule has 0 aliphatic heterocycles. The second-order valence-corrected chi connectivity index (χ2v) is 3.11. The van der Waals surface area contributed by atoms with Crippen LogP contribution in [0.1, 0.15) is 19.2 Å². The van der Waals surface area contributed by atoms with Crippen LogP contribution in [0.15, 0.2) is 12.4 Å². The highest BCUT2D eigenvalue weighted by Crippen LogP contribution is 1.99. The van der Waals surface area contributed by atoms with Crippen LogP contribution in [0, 0.1) is 0 Å². The van der Waals surface area contributed by atoms with Gasteiger partial charge in [-0.1, -0.05) is 6.92 Å². The van der Waals surface area contributed by atoms with E-state index in [0.717, 1.165) is 5.82 Å². The molecular weight excluding hydrogens is 166 g/mol. The minimum atomic E-state index is -0.350. The highest BCUT2D eigenvalue weighted by molar-refractivity contribution is 5.85. The van der Waals surface area contributed by atoms with E-state index < -0.39 is 0 Å². The maximum atomic E-state index is 11.4. The predicted octanol–water partition coefficient (Wildman–Crippen LogP) is 0.269. The Hall–Kier alpha value is -1.16. The second-order valence-electron chi connectivity index (χ2n) is 3.11. The minimum Gasteiger partial charge on any atom is -0.338 e. The van der Waals surface area contributed by atoms with Gasteiger partial charge in [-0.2, -0.15) is 0 Å². The largest absolute Gasteiger partial charge is 0.338 e. The average molecular weight is 181 g/mol. The molecule has 0 fully saturated rings. The second kappa shape index (κ2) is 4.18. The van der Waals surface area contributed by atoms with Gasteiger partial charge >= 0.3 is 0 Å². The molecule has 1 aromatic rings. The Labute approximate surface area is 77.8 Å². The van der Waals surface area contributed by atoms with E-state index in [4.69, 9.17) is 5.73 Å². The number of rotatable bonds is 4. The van der Waals surface area contributed by atoms with E-state index in [1.54, 1.807) is 6.20 Å². The summed E-state index contributed by atoms with van der Waals surface area (Å²) in [5.74, 6) is 0.825. The first-order valence-electron chi connectivity index (χ1n) is 4.39. The Morgan fingerprint density at radius 3 is 2.92 bits per heavy atom. The molecule has 0 radical (unpaired) electrons. The van der Waals surface area contributed by atoms with Crippen LogP contribution in [-0.4, -0.2) is 21.4 Å². The zero-order valence-electron chi connectivity index (χ0n) is 8.03. The zero-order chi connectivity index (χ0) is 9.84. The molecule has 13 heavy (non-hydrogen) atoms. The highest BCUT2D eigenvalue weighted by atomic mass is 16.1. The topological polar surface area (TPSA) is 60.9 Å². The molecule has 1 unspecified atom stereocenters. The number of ketones is 1. The molecule has 0 saturated carbocycles. The summed E-state index contributed by atoms with van der Waals surface area (Å²) in [6.07, 6.45) is 4.52. The molecule has 0 aliphatic carbocycles. The number of imidazole rings is 1. The fourth-order valence-corrected chi connectivity index (χ4v) is 1.08. The van der Waals surface area contributed by atoms with Crippen LogP contribution in [0.3, 0.4) is 0 Å². The van der Waals surface area contributed by atoms with Crippen molar-refractivity contribution in [2.24, 2.45) is 12.8 Å². The van der Waals surface area contributed by atoms with Crippen molar-refractivity contribution in [1.82, 2.24) is 9.55 Å². The molecule has 0 saturated heterocycles. The summed E-state index contributed by atoms with van der Waals surface area (Å²) in [4.78, 5) is 15.5. The summed E-state index contributed by atoms with van der Waals surface area (Å²) in [5, 5.41) is 0. The average Bonchev–Trinajstić information content (AvgIpc) is 2.50. The van der Waals surface area contributed by atoms with Crippen molar-refractivity contribution >= 4 is 5.78 Å². The summed E-state index contributed by atoms with van der Waals surface area (Å²) in [5.41, 5.74) is 5.60. The number of carbonyl (C=O) groups is 1. The normalized spacial score (nSPS) is 12.8. The van der Waals surface area contributed by atoms with Crippen LogP contribution in [0.5, 0.6) is 0 Å². The Morgan fingerprint density at radius 2 is 2.46 bits per heavy atom. The van der Waals surface area contributed by atoms with Gasteiger partial charge in [0.25, 0.3) is 0 Å². The van der Waals surface area contributed by atoms with Crippen LogP contribution in [0.4, 0.5) is 0 Å². The van der Waals surface area contributed by atoms with E-state index in [0.29, 0.717) is 12.8 Å². The van der Waals surface area contributed by atoms with Crippen molar-refractivity contribution < 1.29 is 4.79 Å². The van der Waals surface area contributed by atoms with E-state index in [1.807, 2.05) is 24.7 Å². The van der Waals surface area contributed by atoms with Crippen molar-refractivity contribution in [1.29, 1.82) is 0 Å². The molecule has 2 N–H and O–H groups in total. The lowest BCUT2D eigenvalue weighted by molar-refractivity contribution is -0.119. The minimum absolute atomic E-state index is 0.0526. The van der Waals surface area contributed by atoms with Crippen molar-refractivity contribution in [2.45, 2.75) is 25.8 Å². The fourth-order valence-electron chi connectivity index (χ4n) is 1.08. The number of hydrogen-bond donors (Lipinski definition) is 1. The van der Waals surface area contributed by atoms with Gasteiger partial charge in [0.2, 0.25) is 0 Å². The standard InChI is InChI=1S/C9H15N3O/c1-3-7(10)8(13)6-9-11-4-5-12(9)2/h4-5,7H,3,6,10H2,1-2H3. The van der Waals surface area contributed by atoms with E-state index in [9.17, 15) is 4.79 Å². The fraction of sp³-hybridized carbons (Fsp3) is 0.556. The molecule has 0 bridgehead atoms. The van der Waals surface area contributed by atoms with Crippen LogP contribution in [0.25, 0.3) is 0 Å². The zero-order valence-corrected chi connectivity index (χ0v) is 8.03. The summed E-state index contributed by atoms with van der Waals surface area (Å²) < 4.78 is 1.83. The van der Waals surface area contributed by atoms with Crippen molar-refractivity contribution in [3.63, 3.8) is 0 Å². The molecule has 4 nitrogen and oxygen atoms in total.